The van der Waals surface area contributed by atoms with Gasteiger partial charge in [-0.05, 0) is 24.3 Å². The number of furan rings is 1. The second-order valence-electron chi connectivity index (χ2n) is 4.25. The Bertz CT molecular complexity index is 713. The van der Waals surface area contributed by atoms with Gasteiger partial charge in [-0.3, -0.25) is 0 Å². The van der Waals surface area contributed by atoms with Gasteiger partial charge in [-0.2, -0.15) is 0 Å². The second-order valence-corrected chi connectivity index (χ2v) is 4.25. The zero-order valence-corrected chi connectivity index (χ0v) is 10.1. The largest absolute Gasteiger partial charge is 0.478 e. The lowest BCUT2D eigenvalue weighted by Gasteiger charge is -2.05. The van der Waals surface area contributed by atoms with E-state index in [9.17, 15) is 9.90 Å². The third-order valence-corrected chi connectivity index (χ3v) is 3.05. The van der Waals surface area contributed by atoms with Gasteiger partial charge in [0, 0.05) is 13.0 Å². The first-order chi connectivity index (χ1) is 9.25. The van der Waals surface area contributed by atoms with E-state index >= 15 is 0 Å². The van der Waals surface area contributed by atoms with E-state index in [1.54, 1.807) is 24.7 Å². The van der Waals surface area contributed by atoms with E-state index in [0.29, 0.717) is 24.0 Å². The number of rotatable bonds is 4. The van der Waals surface area contributed by atoms with Crippen molar-refractivity contribution in [2.24, 2.45) is 0 Å². The average molecular weight is 256 g/mol. The number of fused-ring (bicyclic) bond motifs is 1. The SMILES string of the molecule is O=C(O)c1cccc2ncn(CCc3ccco3)c12. The fourth-order valence-corrected chi connectivity index (χ4v) is 2.15. The minimum absolute atomic E-state index is 0.273. The Balaban J connectivity index is 1.97. The molecule has 5 nitrogen and oxygen atoms in total. The van der Waals surface area contributed by atoms with Crippen LogP contribution in [0.2, 0.25) is 0 Å². The van der Waals surface area contributed by atoms with Crippen LogP contribution in [0.3, 0.4) is 0 Å². The van der Waals surface area contributed by atoms with Crippen molar-refractivity contribution in [1.29, 1.82) is 0 Å². The molecule has 19 heavy (non-hydrogen) atoms. The highest BCUT2D eigenvalue weighted by Gasteiger charge is 2.13. The van der Waals surface area contributed by atoms with E-state index in [0.717, 1.165) is 5.76 Å². The number of hydrogen-bond donors (Lipinski definition) is 1. The molecule has 3 rings (SSSR count). The molecule has 1 aromatic carbocycles. The van der Waals surface area contributed by atoms with Gasteiger partial charge in [-0.15, -0.1) is 0 Å². The number of para-hydroxylation sites is 1. The Morgan fingerprint density at radius 3 is 2.95 bits per heavy atom. The molecule has 2 aromatic heterocycles. The van der Waals surface area contributed by atoms with Crippen molar-refractivity contribution in [3.8, 4) is 0 Å². The molecule has 0 aliphatic heterocycles. The molecule has 0 fully saturated rings. The number of imidazole rings is 1. The molecule has 0 spiro atoms. The number of benzene rings is 1. The average Bonchev–Trinajstić information content (AvgIpc) is 3.05. The molecule has 0 saturated carbocycles. The first-order valence-corrected chi connectivity index (χ1v) is 5.95. The van der Waals surface area contributed by atoms with Crippen molar-refractivity contribution in [3.05, 3.63) is 54.2 Å². The predicted octanol–water partition coefficient (Wildman–Crippen LogP) is 2.57. The van der Waals surface area contributed by atoms with E-state index in [1.165, 1.54) is 0 Å². The lowest BCUT2D eigenvalue weighted by atomic mass is 10.2. The number of aromatic carboxylic acids is 1. The summed E-state index contributed by atoms with van der Waals surface area (Å²) >= 11 is 0. The molecule has 0 bridgehead atoms. The van der Waals surface area contributed by atoms with Crippen molar-refractivity contribution in [2.45, 2.75) is 13.0 Å². The van der Waals surface area contributed by atoms with Crippen molar-refractivity contribution in [3.63, 3.8) is 0 Å². The molecule has 0 radical (unpaired) electrons. The molecule has 3 aromatic rings. The monoisotopic (exact) mass is 256 g/mol. The Kier molecular flexibility index (Phi) is 2.79. The zero-order valence-electron chi connectivity index (χ0n) is 10.1. The molecule has 1 N–H and O–H groups in total. The van der Waals surface area contributed by atoms with Crippen molar-refractivity contribution in [1.82, 2.24) is 9.55 Å². The van der Waals surface area contributed by atoms with E-state index in [4.69, 9.17) is 4.42 Å². The van der Waals surface area contributed by atoms with Gasteiger partial charge in [0.1, 0.15) is 5.76 Å². The van der Waals surface area contributed by atoms with Crippen LogP contribution in [-0.4, -0.2) is 20.6 Å². The van der Waals surface area contributed by atoms with Crippen LogP contribution in [0, 0.1) is 0 Å². The smallest absolute Gasteiger partial charge is 0.337 e. The summed E-state index contributed by atoms with van der Waals surface area (Å²) in [4.78, 5) is 15.5. The molecular weight excluding hydrogens is 244 g/mol. The van der Waals surface area contributed by atoms with Gasteiger partial charge in [-0.1, -0.05) is 6.07 Å². The summed E-state index contributed by atoms with van der Waals surface area (Å²) < 4.78 is 7.12. The van der Waals surface area contributed by atoms with Crippen LogP contribution in [-0.2, 0) is 13.0 Å². The first kappa shape index (κ1) is 11.5. The summed E-state index contributed by atoms with van der Waals surface area (Å²) in [6, 6.07) is 8.85. The molecule has 5 heteroatoms. The minimum Gasteiger partial charge on any atom is -0.478 e. The number of carbonyl (C=O) groups is 1. The molecule has 96 valence electrons. The number of aryl methyl sites for hydroxylation is 2. The lowest BCUT2D eigenvalue weighted by molar-refractivity contribution is 0.0698. The van der Waals surface area contributed by atoms with E-state index < -0.39 is 5.97 Å². The summed E-state index contributed by atoms with van der Waals surface area (Å²) in [7, 11) is 0. The molecule has 0 unspecified atom stereocenters. The number of carboxylic acid groups (broad SMARTS) is 1. The highest BCUT2D eigenvalue weighted by Crippen LogP contribution is 2.18. The Morgan fingerprint density at radius 1 is 1.32 bits per heavy atom. The maximum atomic E-state index is 11.2. The Hall–Kier alpha value is -2.56. The fourth-order valence-electron chi connectivity index (χ4n) is 2.15. The van der Waals surface area contributed by atoms with Crippen molar-refractivity contribution < 1.29 is 14.3 Å². The van der Waals surface area contributed by atoms with E-state index in [2.05, 4.69) is 4.98 Å². The molecule has 2 heterocycles. The lowest BCUT2D eigenvalue weighted by Crippen LogP contribution is -2.04. The summed E-state index contributed by atoms with van der Waals surface area (Å²) in [6.07, 6.45) is 4.00. The summed E-state index contributed by atoms with van der Waals surface area (Å²) in [6.45, 7) is 0.633. The summed E-state index contributed by atoms with van der Waals surface area (Å²) in [5.74, 6) is -0.0694. The third kappa shape index (κ3) is 2.10. The number of hydrogen-bond acceptors (Lipinski definition) is 3. The number of aromatic nitrogens is 2. The maximum absolute atomic E-state index is 11.2. The number of carboxylic acids is 1. The summed E-state index contributed by atoms with van der Waals surface area (Å²) in [5, 5.41) is 9.22. The second kappa shape index (κ2) is 4.61. The highest BCUT2D eigenvalue weighted by atomic mass is 16.4. The molecule has 0 aliphatic carbocycles. The van der Waals surface area contributed by atoms with Crippen LogP contribution in [0.15, 0.2) is 47.3 Å². The predicted molar refractivity (Wildman–Crippen MR) is 69.1 cm³/mol. The third-order valence-electron chi connectivity index (χ3n) is 3.05. The van der Waals surface area contributed by atoms with Gasteiger partial charge >= 0.3 is 5.97 Å². The van der Waals surface area contributed by atoms with Crippen LogP contribution in [0.5, 0.6) is 0 Å². The van der Waals surface area contributed by atoms with E-state index in [1.807, 2.05) is 22.8 Å². The fraction of sp³-hybridized carbons (Fsp3) is 0.143. The van der Waals surface area contributed by atoms with E-state index in [-0.39, 0.29) is 5.56 Å². The standard InChI is InChI=1S/C14H12N2O3/c17-14(18)11-4-1-5-12-13(11)16(9-15-12)7-6-10-3-2-8-19-10/h1-5,8-9H,6-7H2,(H,17,18). The van der Waals surface area contributed by atoms with Crippen molar-refractivity contribution in [2.75, 3.05) is 0 Å². The zero-order chi connectivity index (χ0) is 13.2. The van der Waals surface area contributed by atoms with Crippen LogP contribution in [0.1, 0.15) is 16.1 Å². The van der Waals surface area contributed by atoms with Crippen molar-refractivity contribution >= 4 is 17.0 Å². The van der Waals surface area contributed by atoms with Gasteiger partial charge in [0.05, 0.1) is 29.2 Å². The highest BCUT2D eigenvalue weighted by molar-refractivity contribution is 6.01. The van der Waals surface area contributed by atoms with Crippen LogP contribution in [0.4, 0.5) is 0 Å². The quantitative estimate of drug-likeness (QED) is 0.779. The van der Waals surface area contributed by atoms with Crippen LogP contribution in [0.25, 0.3) is 11.0 Å². The maximum Gasteiger partial charge on any atom is 0.337 e. The Morgan fingerprint density at radius 2 is 2.21 bits per heavy atom. The molecule has 0 aliphatic rings. The van der Waals surface area contributed by atoms with Gasteiger partial charge in [0.15, 0.2) is 0 Å². The molecular formula is C14H12N2O3. The van der Waals surface area contributed by atoms with Crippen LogP contribution < -0.4 is 0 Å². The first-order valence-electron chi connectivity index (χ1n) is 5.95. The van der Waals surface area contributed by atoms with Gasteiger partial charge in [-0.25, -0.2) is 9.78 Å². The van der Waals surface area contributed by atoms with Gasteiger partial charge < -0.3 is 14.1 Å². The minimum atomic E-state index is -0.939. The summed E-state index contributed by atoms with van der Waals surface area (Å²) in [5.41, 5.74) is 1.62. The molecule has 0 amide bonds. The van der Waals surface area contributed by atoms with Gasteiger partial charge in [0.25, 0.3) is 0 Å². The topological polar surface area (TPSA) is 68.3 Å². The molecule has 0 saturated heterocycles. The molecule has 0 atom stereocenters. The van der Waals surface area contributed by atoms with Gasteiger partial charge in [0.2, 0.25) is 0 Å². The normalized spacial score (nSPS) is 10.9. The number of nitrogens with zero attached hydrogens (tertiary/aromatic N) is 2. The van der Waals surface area contributed by atoms with Crippen LogP contribution >= 0.6 is 0 Å². The Labute approximate surface area is 109 Å².